The molecule has 1 aliphatic carbocycles. The molecule has 1 fully saturated rings. The van der Waals surface area contributed by atoms with Crippen LogP contribution in [0.3, 0.4) is 0 Å². The van der Waals surface area contributed by atoms with Crippen LogP contribution in [0.25, 0.3) is 0 Å². The lowest BCUT2D eigenvalue weighted by molar-refractivity contribution is 0.0916. The van der Waals surface area contributed by atoms with E-state index in [0.717, 1.165) is 12.8 Å². The van der Waals surface area contributed by atoms with Crippen LogP contribution in [-0.2, 0) is 0 Å². The number of carbonyl (C=O) groups excluding carboxylic acids is 1. The van der Waals surface area contributed by atoms with Crippen molar-refractivity contribution in [2.45, 2.75) is 38.6 Å². The summed E-state index contributed by atoms with van der Waals surface area (Å²) < 4.78 is 0. The maximum atomic E-state index is 12.0. The summed E-state index contributed by atoms with van der Waals surface area (Å²) in [6, 6.07) is 0.279. The Morgan fingerprint density at radius 1 is 1.39 bits per heavy atom. The largest absolute Gasteiger partial charge is 0.372 e. The van der Waals surface area contributed by atoms with E-state index < -0.39 is 0 Å². The summed E-state index contributed by atoms with van der Waals surface area (Å²) >= 11 is 0. The Morgan fingerprint density at radius 2 is 2.22 bits per heavy atom. The Bertz CT molecular complexity index is 421. The van der Waals surface area contributed by atoms with Crippen LogP contribution in [0, 0.1) is 5.92 Å². The van der Waals surface area contributed by atoms with E-state index in [1.165, 1.54) is 19.0 Å². The monoisotopic (exact) mass is 248 g/mol. The zero-order valence-corrected chi connectivity index (χ0v) is 10.9. The van der Waals surface area contributed by atoms with Crippen LogP contribution in [0.1, 0.15) is 43.1 Å². The molecule has 1 aromatic rings. The van der Waals surface area contributed by atoms with Crippen LogP contribution in [0.2, 0.25) is 0 Å². The molecule has 0 aromatic carbocycles. The highest BCUT2D eigenvalue weighted by Crippen LogP contribution is 2.23. The molecule has 1 saturated carbocycles. The van der Waals surface area contributed by atoms with Gasteiger partial charge in [0.05, 0.1) is 12.4 Å². The second-order valence-corrected chi connectivity index (χ2v) is 4.98. The van der Waals surface area contributed by atoms with Gasteiger partial charge in [0.25, 0.3) is 5.91 Å². The Balaban J connectivity index is 1.98. The number of nitrogens with one attached hydrogen (secondary N) is 2. The van der Waals surface area contributed by atoms with E-state index in [1.807, 2.05) is 0 Å². The predicted octanol–water partition coefficient (Wildman–Crippen LogP) is 1.83. The third-order valence-corrected chi connectivity index (χ3v) is 3.39. The minimum Gasteiger partial charge on any atom is -0.372 e. The molecule has 2 atom stereocenters. The van der Waals surface area contributed by atoms with E-state index in [-0.39, 0.29) is 11.9 Å². The Hall–Kier alpha value is -1.65. The number of amides is 1. The Kier molecular flexibility index (Phi) is 4.12. The molecule has 5 nitrogen and oxygen atoms in total. The molecule has 1 amide bonds. The standard InChI is InChI=1S/C13H20N4O/c1-9-4-3-5-10(6-9)16-13(18)11-7-15-8-12(14-2)17-11/h7-10H,3-6H2,1-2H3,(H,14,17)(H,16,18). The van der Waals surface area contributed by atoms with Crippen LogP contribution in [0.5, 0.6) is 0 Å². The van der Waals surface area contributed by atoms with E-state index in [1.54, 1.807) is 13.2 Å². The van der Waals surface area contributed by atoms with E-state index in [9.17, 15) is 4.79 Å². The van der Waals surface area contributed by atoms with Crippen LogP contribution in [-0.4, -0.2) is 29.0 Å². The van der Waals surface area contributed by atoms with Gasteiger partial charge in [0, 0.05) is 13.1 Å². The summed E-state index contributed by atoms with van der Waals surface area (Å²) in [5.74, 6) is 1.18. The SMILES string of the molecule is CNc1cncc(C(=O)NC2CCCC(C)C2)n1. The normalized spacial score (nSPS) is 23.4. The molecule has 0 spiro atoms. The Morgan fingerprint density at radius 3 is 2.94 bits per heavy atom. The number of carbonyl (C=O) groups is 1. The fraction of sp³-hybridized carbons (Fsp3) is 0.615. The van der Waals surface area contributed by atoms with Crippen LogP contribution >= 0.6 is 0 Å². The van der Waals surface area contributed by atoms with Crippen LogP contribution in [0.4, 0.5) is 5.82 Å². The lowest BCUT2D eigenvalue weighted by atomic mass is 9.87. The summed E-state index contributed by atoms with van der Waals surface area (Å²) in [6.45, 7) is 2.24. The van der Waals surface area contributed by atoms with E-state index >= 15 is 0 Å². The summed E-state index contributed by atoms with van der Waals surface area (Å²) in [6.07, 6.45) is 7.68. The van der Waals surface area contributed by atoms with Gasteiger partial charge in [-0.2, -0.15) is 0 Å². The minimum atomic E-state index is -0.126. The molecule has 1 heterocycles. The van der Waals surface area contributed by atoms with Crippen molar-refractivity contribution in [3.63, 3.8) is 0 Å². The summed E-state index contributed by atoms with van der Waals surface area (Å²) in [7, 11) is 1.76. The number of nitrogens with zero attached hydrogens (tertiary/aromatic N) is 2. The van der Waals surface area contributed by atoms with Crippen molar-refractivity contribution in [2.24, 2.45) is 5.92 Å². The van der Waals surface area contributed by atoms with Crippen molar-refractivity contribution in [1.29, 1.82) is 0 Å². The zero-order valence-electron chi connectivity index (χ0n) is 10.9. The second-order valence-electron chi connectivity index (χ2n) is 4.98. The smallest absolute Gasteiger partial charge is 0.271 e. The molecule has 1 aromatic heterocycles. The molecule has 18 heavy (non-hydrogen) atoms. The van der Waals surface area contributed by atoms with Crippen molar-refractivity contribution in [3.8, 4) is 0 Å². The molecule has 98 valence electrons. The third kappa shape index (κ3) is 3.18. The van der Waals surface area contributed by atoms with Crippen molar-refractivity contribution in [3.05, 3.63) is 18.1 Å². The molecule has 0 bridgehead atoms. The second kappa shape index (κ2) is 5.80. The number of aromatic nitrogens is 2. The molecule has 2 N–H and O–H groups in total. The zero-order chi connectivity index (χ0) is 13.0. The van der Waals surface area contributed by atoms with Crippen LogP contribution < -0.4 is 10.6 Å². The number of hydrogen-bond acceptors (Lipinski definition) is 4. The first kappa shape index (κ1) is 12.8. The van der Waals surface area contributed by atoms with Crippen LogP contribution in [0.15, 0.2) is 12.4 Å². The molecular weight excluding hydrogens is 228 g/mol. The quantitative estimate of drug-likeness (QED) is 0.856. The van der Waals surface area contributed by atoms with Gasteiger partial charge < -0.3 is 10.6 Å². The first-order valence-electron chi connectivity index (χ1n) is 6.49. The molecule has 1 aliphatic rings. The number of rotatable bonds is 3. The summed E-state index contributed by atoms with van der Waals surface area (Å²) in [5.41, 5.74) is 0.375. The lowest BCUT2D eigenvalue weighted by Gasteiger charge is -2.27. The average Bonchev–Trinajstić information content (AvgIpc) is 2.39. The number of anilines is 1. The molecule has 5 heteroatoms. The van der Waals surface area contributed by atoms with Gasteiger partial charge in [-0.1, -0.05) is 19.8 Å². The number of hydrogen-bond donors (Lipinski definition) is 2. The van der Waals surface area contributed by atoms with Gasteiger partial charge in [-0.3, -0.25) is 9.78 Å². The molecular formula is C13H20N4O. The van der Waals surface area contributed by atoms with Gasteiger partial charge in [0.2, 0.25) is 0 Å². The molecule has 2 unspecified atom stereocenters. The third-order valence-electron chi connectivity index (χ3n) is 3.39. The van der Waals surface area contributed by atoms with Gasteiger partial charge >= 0.3 is 0 Å². The van der Waals surface area contributed by atoms with Gasteiger partial charge in [-0.15, -0.1) is 0 Å². The van der Waals surface area contributed by atoms with Crippen molar-refractivity contribution >= 4 is 11.7 Å². The van der Waals surface area contributed by atoms with E-state index in [2.05, 4.69) is 27.5 Å². The highest BCUT2D eigenvalue weighted by molar-refractivity contribution is 5.92. The lowest BCUT2D eigenvalue weighted by Crippen LogP contribution is -2.38. The van der Waals surface area contributed by atoms with Gasteiger partial charge in [-0.05, 0) is 18.8 Å². The minimum absolute atomic E-state index is 0.126. The topological polar surface area (TPSA) is 66.9 Å². The van der Waals surface area contributed by atoms with Gasteiger partial charge in [0.1, 0.15) is 11.5 Å². The molecule has 0 aliphatic heterocycles. The first-order valence-corrected chi connectivity index (χ1v) is 6.49. The maximum Gasteiger partial charge on any atom is 0.271 e. The first-order chi connectivity index (χ1) is 8.69. The van der Waals surface area contributed by atoms with Crippen molar-refractivity contribution in [2.75, 3.05) is 12.4 Å². The van der Waals surface area contributed by atoms with E-state index in [4.69, 9.17) is 0 Å². The highest BCUT2D eigenvalue weighted by Gasteiger charge is 2.21. The predicted molar refractivity (Wildman–Crippen MR) is 70.5 cm³/mol. The van der Waals surface area contributed by atoms with E-state index in [0.29, 0.717) is 17.4 Å². The molecule has 2 rings (SSSR count). The molecule has 0 saturated heterocycles. The highest BCUT2D eigenvalue weighted by atomic mass is 16.1. The summed E-state index contributed by atoms with van der Waals surface area (Å²) in [5, 5.41) is 5.93. The fourth-order valence-corrected chi connectivity index (χ4v) is 2.42. The van der Waals surface area contributed by atoms with Gasteiger partial charge in [0.15, 0.2) is 0 Å². The molecule has 0 radical (unpaired) electrons. The maximum absolute atomic E-state index is 12.0. The van der Waals surface area contributed by atoms with Crippen molar-refractivity contribution in [1.82, 2.24) is 15.3 Å². The van der Waals surface area contributed by atoms with Crippen molar-refractivity contribution < 1.29 is 4.79 Å². The Labute approximate surface area is 107 Å². The summed E-state index contributed by atoms with van der Waals surface area (Å²) in [4.78, 5) is 20.2. The fourth-order valence-electron chi connectivity index (χ4n) is 2.42. The van der Waals surface area contributed by atoms with Gasteiger partial charge in [-0.25, -0.2) is 4.98 Å². The average molecular weight is 248 g/mol.